The number of Topliss-reactive ketones (excluding diaryl/α,β-unsaturated/α-hetero) is 1. The molecule has 2 atom stereocenters. The number of carbonyl (C=O) groups excluding carboxylic acids is 1. The molecule has 0 aliphatic carbocycles. The monoisotopic (exact) mass is 225 g/mol. The largest absolute Gasteiger partial charge is 0.298 e. The van der Waals surface area contributed by atoms with Gasteiger partial charge in [-0.3, -0.25) is 9.69 Å². The Morgan fingerprint density at radius 1 is 1.12 bits per heavy atom. The van der Waals surface area contributed by atoms with Crippen molar-refractivity contribution < 1.29 is 4.79 Å². The molecule has 16 heavy (non-hydrogen) atoms. The van der Waals surface area contributed by atoms with E-state index in [-0.39, 0.29) is 12.0 Å². The fraction of sp³-hybridized carbons (Fsp3) is 0.929. The third-order valence-electron chi connectivity index (χ3n) is 3.88. The van der Waals surface area contributed by atoms with Crippen molar-refractivity contribution in [2.24, 2.45) is 17.8 Å². The van der Waals surface area contributed by atoms with Crippen molar-refractivity contribution in [1.82, 2.24) is 4.90 Å². The summed E-state index contributed by atoms with van der Waals surface area (Å²) in [5.74, 6) is 1.97. The van der Waals surface area contributed by atoms with Crippen molar-refractivity contribution in [2.45, 2.75) is 60.0 Å². The van der Waals surface area contributed by atoms with Crippen molar-refractivity contribution in [3.05, 3.63) is 0 Å². The van der Waals surface area contributed by atoms with E-state index in [2.05, 4.69) is 32.6 Å². The van der Waals surface area contributed by atoms with Crippen LogP contribution in [0.15, 0.2) is 0 Å². The summed E-state index contributed by atoms with van der Waals surface area (Å²) in [4.78, 5) is 14.6. The van der Waals surface area contributed by atoms with E-state index in [0.717, 1.165) is 13.0 Å². The van der Waals surface area contributed by atoms with Crippen molar-refractivity contribution in [1.29, 1.82) is 0 Å². The van der Waals surface area contributed by atoms with Gasteiger partial charge in [-0.25, -0.2) is 0 Å². The van der Waals surface area contributed by atoms with E-state index in [1.54, 1.807) is 0 Å². The highest BCUT2D eigenvalue weighted by molar-refractivity contribution is 5.86. The second-order valence-corrected chi connectivity index (χ2v) is 6.10. The first-order chi connectivity index (χ1) is 7.34. The summed E-state index contributed by atoms with van der Waals surface area (Å²) in [6.07, 6.45) is 1.06. The predicted molar refractivity (Wildman–Crippen MR) is 68.4 cm³/mol. The molecule has 0 spiro atoms. The van der Waals surface area contributed by atoms with Gasteiger partial charge in [-0.1, -0.05) is 27.7 Å². The molecule has 0 saturated carbocycles. The van der Waals surface area contributed by atoms with Crippen LogP contribution in [0.5, 0.6) is 0 Å². The minimum Gasteiger partial charge on any atom is -0.298 e. The van der Waals surface area contributed by atoms with Crippen LogP contribution in [-0.2, 0) is 4.79 Å². The van der Waals surface area contributed by atoms with Crippen molar-refractivity contribution in [3.8, 4) is 0 Å². The highest BCUT2D eigenvalue weighted by atomic mass is 16.1. The molecule has 0 bridgehead atoms. The number of hydrogen-bond acceptors (Lipinski definition) is 2. The lowest BCUT2D eigenvalue weighted by Crippen LogP contribution is -2.42. The van der Waals surface area contributed by atoms with E-state index in [0.29, 0.717) is 23.7 Å². The van der Waals surface area contributed by atoms with Gasteiger partial charge in [0.1, 0.15) is 0 Å². The fourth-order valence-electron chi connectivity index (χ4n) is 2.61. The molecule has 0 aromatic rings. The molecule has 1 rings (SSSR count). The SMILES string of the molecule is CC(C)C(=O)[C@@H]1C[C@H](C(C)C)CN1C(C)C. The quantitative estimate of drug-likeness (QED) is 0.733. The fourth-order valence-corrected chi connectivity index (χ4v) is 2.61. The summed E-state index contributed by atoms with van der Waals surface area (Å²) >= 11 is 0. The van der Waals surface area contributed by atoms with E-state index in [4.69, 9.17) is 0 Å². The van der Waals surface area contributed by atoms with Gasteiger partial charge in [0.2, 0.25) is 0 Å². The normalized spacial score (nSPS) is 27.3. The molecule has 2 nitrogen and oxygen atoms in total. The minimum atomic E-state index is 0.164. The first kappa shape index (κ1) is 13.7. The van der Waals surface area contributed by atoms with E-state index < -0.39 is 0 Å². The standard InChI is InChI=1S/C14H27NO/c1-9(2)12-7-13(14(16)10(3)4)15(8-12)11(5)6/h9-13H,7-8H2,1-6H3/t12-,13-/m0/s1. The Morgan fingerprint density at radius 2 is 1.69 bits per heavy atom. The summed E-state index contributed by atoms with van der Waals surface area (Å²) in [6.45, 7) is 14.1. The Hall–Kier alpha value is -0.370. The topological polar surface area (TPSA) is 20.3 Å². The molecule has 0 amide bonds. The lowest BCUT2D eigenvalue weighted by Gasteiger charge is -2.28. The van der Waals surface area contributed by atoms with Crippen molar-refractivity contribution in [2.75, 3.05) is 6.54 Å². The number of hydrogen-bond donors (Lipinski definition) is 0. The third-order valence-corrected chi connectivity index (χ3v) is 3.88. The van der Waals surface area contributed by atoms with Gasteiger partial charge in [0.05, 0.1) is 6.04 Å². The van der Waals surface area contributed by atoms with Crippen LogP contribution >= 0.6 is 0 Å². The summed E-state index contributed by atoms with van der Waals surface area (Å²) in [5.41, 5.74) is 0. The van der Waals surface area contributed by atoms with E-state index in [1.165, 1.54) is 0 Å². The molecule has 1 saturated heterocycles. The van der Waals surface area contributed by atoms with Crippen LogP contribution < -0.4 is 0 Å². The van der Waals surface area contributed by atoms with E-state index in [9.17, 15) is 4.79 Å². The first-order valence-electron chi connectivity index (χ1n) is 6.64. The summed E-state index contributed by atoms with van der Waals surface area (Å²) in [5, 5.41) is 0. The minimum absolute atomic E-state index is 0.164. The van der Waals surface area contributed by atoms with Gasteiger partial charge in [0, 0.05) is 18.5 Å². The number of rotatable bonds is 4. The zero-order chi connectivity index (χ0) is 12.5. The van der Waals surface area contributed by atoms with E-state index in [1.807, 2.05) is 13.8 Å². The van der Waals surface area contributed by atoms with Crippen LogP contribution in [0, 0.1) is 17.8 Å². The number of carbonyl (C=O) groups is 1. The Labute approximate surface area is 100 Å². The Bertz CT molecular complexity index is 245. The summed E-state index contributed by atoms with van der Waals surface area (Å²) < 4.78 is 0. The van der Waals surface area contributed by atoms with Gasteiger partial charge < -0.3 is 0 Å². The highest BCUT2D eigenvalue weighted by Crippen LogP contribution is 2.31. The highest BCUT2D eigenvalue weighted by Gasteiger charge is 2.39. The second kappa shape index (κ2) is 5.31. The maximum atomic E-state index is 12.2. The summed E-state index contributed by atoms with van der Waals surface area (Å²) in [6, 6.07) is 0.656. The maximum absolute atomic E-state index is 12.2. The second-order valence-electron chi connectivity index (χ2n) is 6.10. The number of nitrogens with zero attached hydrogens (tertiary/aromatic N) is 1. The van der Waals surface area contributed by atoms with Crippen LogP contribution in [0.1, 0.15) is 48.0 Å². The molecule has 0 aromatic heterocycles. The zero-order valence-corrected chi connectivity index (χ0v) is 11.7. The average molecular weight is 225 g/mol. The van der Waals surface area contributed by atoms with Gasteiger partial charge in [-0.05, 0) is 32.1 Å². The Balaban J connectivity index is 2.77. The molecule has 0 N–H and O–H groups in total. The molecule has 0 radical (unpaired) electrons. The first-order valence-corrected chi connectivity index (χ1v) is 6.64. The van der Waals surface area contributed by atoms with Gasteiger partial charge in [0.15, 0.2) is 5.78 Å². The molecule has 0 aromatic carbocycles. The number of likely N-dealkylation sites (tertiary alicyclic amines) is 1. The molecule has 1 aliphatic heterocycles. The Morgan fingerprint density at radius 3 is 2.06 bits per heavy atom. The van der Waals surface area contributed by atoms with Crippen LogP contribution in [0.2, 0.25) is 0 Å². The van der Waals surface area contributed by atoms with E-state index >= 15 is 0 Å². The van der Waals surface area contributed by atoms with Crippen molar-refractivity contribution >= 4 is 5.78 Å². The molecule has 1 aliphatic rings. The van der Waals surface area contributed by atoms with Gasteiger partial charge >= 0.3 is 0 Å². The molecular weight excluding hydrogens is 198 g/mol. The molecule has 1 heterocycles. The molecule has 1 fully saturated rings. The lowest BCUT2D eigenvalue weighted by atomic mass is 9.90. The zero-order valence-electron chi connectivity index (χ0n) is 11.7. The van der Waals surface area contributed by atoms with Crippen LogP contribution in [0.4, 0.5) is 0 Å². The Kier molecular flexibility index (Phi) is 4.54. The third kappa shape index (κ3) is 2.85. The molecular formula is C14H27NO. The van der Waals surface area contributed by atoms with Crippen LogP contribution in [0.25, 0.3) is 0 Å². The number of ketones is 1. The summed E-state index contributed by atoms with van der Waals surface area (Å²) in [7, 11) is 0. The van der Waals surface area contributed by atoms with Gasteiger partial charge in [-0.2, -0.15) is 0 Å². The van der Waals surface area contributed by atoms with Crippen molar-refractivity contribution in [3.63, 3.8) is 0 Å². The molecule has 94 valence electrons. The maximum Gasteiger partial charge on any atom is 0.152 e. The van der Waals surface area contributed by atoms with Crippen LogP contribution in [0.3, 0.4) is 0 Å². The molecule has 0 unspecified atom stereocenters. The lowest BCUT2D eigenvalue weighted by molar-refractivity contribution is -0.126. The van der Waals surface area contributed by atoms with Gasteiger partial charge in [-0.15, -0.1) is 0 Å². The average Bonchev–Trinajstić information content (AvgIpc) is 2.60. The van der Waals surface area contributed by atoms with Gasteiger partial charge in [0.25, 0.3) is 0 Å². The van der Waals surface area contributed by atoms with Crippen LogP contribution in [-0.4, -0.2) is 29.3 Å². The smallest absolute Gasteiger partial charge is 0.152 e. The predicted octanol–water partition coefficient (Wildman–Crippen LogP) is 2.97. The molecule has 2 heteroatoms.